The number of anilines is 6. The lowest BCUT2D eigenvalue weighted by Gasteiger charge is -2.29. The molecule has 61 heavy (non-hydrogen) atoms. The van der Waals surface area contributed by atoms with E-state index in [-0.39, 0.29) is 0 Å². The summed E-state index contributed by atoms with van der Waals surface area (Å²) >= 11 is 1.88. The van der Waals surface area contributed by atoms with Crippen molar-refractivity contribution in [2.45, 2.75) is 13.8 Å². The number of benzene rings is 10. The highest BCUT2D eigenvalue weighted by atomic mass is 32.1. The number of nitrogens with zero attached hydrogens (tertiary/aromatic N) is 2. The smallest absolute Gasteiger partial charge is 0.0540 e. The van der Waals surface area contributed by atoms with Crippen LogP contribution in [0.15, 0.2) is 218 Å². The summed E-state index contributed by atoms with van der Waals surface area (Å²) in [6, 6.07) is 79.5. The van der Waals surface area contributed by atoms with E-state index in [2.05, 4.69) is 242 Å². The second-order valence-electron chi connectivity index (χ2n) is 15.8. The summed E-state index contributed by atoms with van der Waals surface area (Å²) in [5, 5.41) is 7.47. The molecule has 0 N–H and O–H groups in total. The Balaban J connectivity index is 1.09. The van der Waals surface area contributed by atoms with Gasteiger partial charge in [0, 0.05) is 53.7 Å². The van der Waals surface area contributed by atoms with Crippen molar-refractivity contribution in [3.8, 4) is 22.3 Å². The predicted molar refractivity (Wildman–Crippen MR) is 264 cm³/mol. The third-order valence-corrected chi connectivity index (χ3v) is 13.3. The SMILES string of the molecule is Cc1c(-c2ccccc2)cccc1N(c1ccccc1)c1cccc2cc3c(cc12)sc1cc2c(N(c4ccccc4)c4cccc(-c5ccccc5)c4C)cccc2cc13. The van der Waals surface area contributed by atoms with Gasteiger partial charge in [0.1, 0.15) is 0 Å². The fourth-order valence-electron chi connectivity index (χ4n) is 9.24. The van der Waals surface area contributed by atoms with Crippen LogP contribution in [0.3, 0.4) is 0 Å². The minimum atomic E-state index is 1.13. The number of thiophene rings is 1. The zero-order chi connectivity index (χ0) is 40.9. The first-order chi connectivity index (χ1) is 30.1. The maximum absolute atomic E-state index is 2.44. The number of hydrogen-bond donors (Lipinski definition) is 0. The van der Waals surface area contributed by atoms with Crippen LogP contribution < -0.4 is 9.80 Å². The lowest BCUT2D eigenvalue weighted by Crippen LogP contribution is -2.12. The van der Waals surface area contributed by atoms with Gasteiger partial charge in [0.2, 0.25) is 0 Å². The number of rotatable bonds is 8. The molecule has 0 aliphatic rings. The molecule has 3 heteroatoms. The van der Waals surface area contributed by atoms with Crippen LogP contribution in [0.2, 0.25) is 0 Å². The van der Waals surface area contributed by atoms with Gasteiger partial charge in [-0.3, -0.25) is 0 Å². The monoisotopic (exact) mass is 798 g/mol. The van der Waals surface area contributed by atoms with Crippen molar-refractivity contribution in [1.82, 2.24) is 0 Å². The third-order valence-electron chi connectivity index (χ3n) is 12.2. The molecule has 0 radical (unpaired) electrons. The van der Waals surface area contributed by atoms with Crippen molar-refractivity contribution < 1.29 is 0 Å². The van der Waals surface area contributed by atoms with Crippen molar-refractivity contribution in [2.24, 2.45) is 0 Å². The molecule has 0 spiro atoms. The molecule has 11 aromatic rings. The zero-order valence-corrected chi connectivity index (χ0v) is 34.9. The second-order valence-corrected chi connectivity index (χ2v) is 16.9. The molecular formula is C58H42N2S. The van der Waals surface area contributed by atoms with Crippen LogP contribution in [0.5, 0.6) is 0 Å². The number of fused-ring (bicyclic) bond motifs is 5. The highest BCUT2D eigenvalue weighted by Crippen LogP contribution is 2.48. The van der Waals surface area contributed by atoms with Gasteiger partial charge >= 0.3 is 0 Å². The molecule has 0 bridgehead atoms. The molecule has 2 nitrogen and oxygen atoms in total. The summed E-state index contributed by atoms with van der Waals surface area (Å²) in [7, 11) is 0. The Morgan fingerprint density at radius 2 is 0.672 bits per heavy atom. The molecule has 0 amide bonds. The first-order valence-electron chi connectivity index (χ1n) is 20.9. The maximum atomic E-state index is 2.44. The highest BCUT2D eigenvalue weighted by Gasteiger charge is 2.22. The van der Waals surface area contributed by atoms with Gasteiger partial charge in [0.15, 0.2) is 0 Å². The first-order valence-corrected chi connectivity index (χ1v) is 21.7. The van der Waals surface area contributed by atoms with Gasteiger partial charge in [-0.25, -0.2) is 0 Å². The lowest BCUT2D eigenvalue weighted by molar-refractivity contribution is 1.26. The Hall–Kier alpha value is -7.46. The molecule has 0 saturated carbocycles. The van der Waals surface area contributed by atoms with E-state index in [1.807, 2.05) is 11.3 Å². The summed E-state index contributed by atoms with van der Waals surface area (Å²) in [5.74, 6) is 0. The van der Waals surface area contributed by atoms with E-state index in [0.717, 1.165) is 22.7 Å². The molecule has 0 aliphatic carbocycles. The minimum Gasteiger partial charge on any atom is -0.310 e. The molecule has 290 valence electrons. The molecule has 0 atom stereocenters. The number of para-hydroxylation sites is 2. The van der Waals surface area contributed by atoms with Crippen LogP contribution in [0.1, 0.15) is 11.1 Å². The van der Waals surface area contributed by atoms with Crippen molar-refractivity contribution in [2.75, 3.05) is 9.80 Å². The molecule has 1 heterocycles. The third kappa shape index (κ3) is 6.42. The fourth-order valence-corrected chi connectivity index (χ4v) is 10.4. The quantitative estimate of drug-likeness (QED) is 0.151. The van der Waals surface area contributed by atoms with Crippen LogP contribution in [-0.4, -0.2) is 0 Å². The van der Waals surface area contributed by atoms with E-state index in [0.29, 0.717) is 0 Å². The van der Waals surface area contributed by atoms with Crippen LogP contribution in [-0.2, 0) is 0 Å². The molecule has 11 rings (SSSR count). The summed E-state index contributed by atoms with van der Waals surface area (Å²) in [6.07, 6.45) is 0. The first kappa shape index (κ1) is 36.6. The zero-order valence-electron chi connectivity index (χ0n) is 34.1. The maximum Gasteiger partial charge on any atom is 0.0540 e. The summed E-state index contributed by atoms with van der Waals surface area (Å²) < 4.78 is 2.56. The van der Waals surface area contributed by atoms with E-state index in [9.17, 15) is 0 Å². The Kier molecular flexibility index (Phi) is 9.18. The summed E-state index contributed by atoms with van der Waals surface area (Å²) in [4.78, 5) is 4.88. The van der Waals surface area contributed by atoms with Crippen molar-refractivity contribution in [1.29, 1.82) is 0 Å². The molecule has 1 aromatic heterocycles. The van der Waals surface area contributed by atoms with Gasteiger partial charge in [-0.2, -0.15) is 0 Å². The van der Waals surface area contributed by atoms with Gasteiger partial charge in [-0.15, -0.1) is 11.3 Å². The Morgan fingerprint density at radius 3 is 1.08 bits per heavy atom. The minimum absolute atomic E-state index is 1.13. The van der Waals surface area contributed by atoms with Crippen LogP contribution in [0.25, 0.3) is 64.0 Å². The Labute approximate surface area is 360 Å². The average molecular weight is 799 g/mol. The van der Waals surface area contributed by atoms with E-state index < -0.39 is 0 Å². The molecular weight excluding hydrogens is 757 g/mol. The molecule has 10 aromatic carbocycles. The van der Waals surface area contributed by atoms with E-state index in [1.165, 1.54) is 86.5 Å². The van der Waals surface area contributed by atoms with Gasteiger partial charge in [-0.1, -0.05) is 146 Å². The normalized spacial score (nSPS) is 11.4. The molecule has 0 fully saturated rings. The fraction of sp³-hybridized carbons (Fsp3) is 0.0345. The second kappa shape index (κ2) is 15.3. The van der Waals surface area contributed by atoms with E-state index >= 15 is 0 Å². The summed E-state index contributed by atoms with van der Waals surface area (Å²) in [5.41, 5.74) is 14.3. The van der Waals surface area contributed by atoms with Gasteiger partial charge in [0.25, 0.3) is 0 Å². The van der Waals surface area contributed by atoms with Crippen LogP contribution in [0.4, 0.5) is 34.1 Å². The highest BCUT2D eigenvalue weighted by molar-refractivity contribution is 7.26. The van der Waals surface area contributed by atoms with Gasteiger partial charge in [0.05, 0.1) is 11.4 Å². The van der Waals surface area contributed by atoms with Gasteiger partial charge < -0.3 is 9.80 Å². The van der Waals surface area contributed by atoms with E-state index in [4.69, 9.17) is 0 Å². The predicted octanol–water partition coefficient (Wildman–Crippen LogP) is 17.3. The van der Waals surface area contributed by atoms with Crippen molar-refractivity contribution in [3.63, 3.8) is 0 Å². The topological polar surface area (TPSA) is 6.48 Å². The molecule has 0 saturated heterocycles. The van der Waals surface area contributed by atoms with Crippen molar-refractivity contribution >= 4 is 87.2 Å². The van der Waals surface area contributed by atoms with Crippen LogP contribution in [0, 0.1) is 13.8 Å². The Bertz CT molecular complexity index is 3150. The van der Waals surface area contributed by atoms with Gasteiger partial charge in [-0.05, 0) is 131 Å². The lowest BCUT2D eigenvalue weighted by atomic mass is 9.97. The number of hydrogen-bond acceptors (Lipinski definition) is 3. The largest absolute Gasteiger partial charge is 0.310 e. The average Bonchev–Trinajstić information content (AvgIpc) is 3.66. The van der Waals surface area contributed by atoms with Crippen LogP contribution >= 0.6 is 11.3 Å². The molecule has 0 aliphatic heterocycles. The van der Waals surface area contributed by atoms with E-state index in [1.54, 1.807) is 0 Å². The summed E-state index contributed by atoms with van der Waals surface area (Å²) in [6.45, 7) is 4.50. The van der Waals surface area contributed by atoms with Crippen molar-refractivity contribution in [3.05, 3.63) is 230 Å². The standard InChI is InChI=1S/C58H42N2S/c1-39-47(41-19-7-3-8-20-41)29-17-31-53(39)59(45-25-11-5-12-26-45)55-33-15-23-43-35-51-52-36-44-24-16-34-56(50(44)38-58(52)61-57(51)37-49(43)55)60(46-27-13-6-14-28-46)54-32-18-30-48(40(54)2)42-21-9-4-10-22-42/h3-38H,1-2H3. The Morgan fingerprint density at radius 1 is 0.311 bits per heavy atom. The molecule has 0 unspecified atom stereocenters.